The Kier molecular flexibility index (Phi) is 4.32. The topological polar surface area (TPSA) is 48.1 Å². The van der Waals surface area contributed by atoms with E-state index in [4.69, 9.17) is 22.7 Å². The lowest BCUT2D eigenvalue weighted by Crippen LogP contribution is -2.13. The van der Waals surface area contributed by atoms with Crippen molar-refractivity contribution < 1.29 is 4.74 Å². The molecule has 0 amide bonds. The predicted octanol–water partition coefficient (Wildman–Crippen LogP) is 1.89. The van der Waals surface area contributed by atoms with Crippen LogP contribution in [0.15, 0.2) is 18.3 Å². The number of rotatable bonds is 5. The molecule has 1 rings (SSSR count). The van der Waals surface area contributed by atoms with Crippen molar-refractivity contribution in [2.24, 2.45) is 5.73 Å². The average Bonchev–Trinajstić information content (AvgIpc) is 2.19. The molecule has 14 heavy (non-hydrogen) atoms. The van der Waals surface area contributed by atoms with Crippen LogP contribution in [0.2, 0.25) is 0 Å². The van der Waals surface area contributed by atoms with Gasteiger partial charge in [0.25, 0.3) is 0 Å². The lowest BCUT2D eigenvalue weighted by Gasteiger charge is -2.08. The summed E-state index contributed by atoms with van der Waals surface area (Å²) in [6.07, 6.45) is 3.77. The van der Waals surface area contributed by atoms with Crippen molar-refractivity contribution in [1.29, 1.82) is 0 Å². The molecule has 0 aliphatic heterocycles. The van der Waals surface area contributed by atoms with Gasteiger partial charge in [-0.25, -0.2) is 4.98 Å². The Hall–Kier alpha value is -1.16. The minimum Gasteiger partial charge on any atom is -0.491 e. The summed E-state index contributed by atoms with van der Waals surface area (Å²) in [5.41, 5.74) is 6.08. The van der Waals surface area contributed by atoms with Gasteiger partial charge in [-0.2, -0.15) is 0 Å². The number of nitrogens with two attached hydrogens (primary N) is 1. The van der Waals surface area contributed by atoms with Crippen LogP contribution in [0.4, 0.5) is 0 Å². The molecule has 0 aromatic carbocycles. The quantitative estimate of drug-likeness (QED) is 0.595. The van der Waals surface area contributed by atoms with Gasteiger partial charge in [0.05, 0.1) is 6.61 Å². The third kappa shape index (κ3) is 2.96. The van der Waals surface area contributed by atoms with E-state index in [1.54, 1.807) is 6.20 Å². The molecule has 0 atom stereocenters. The molecule has 0 saturated heterocycles. The highest BCUT2D eigenvalue weighted by atomic mass is 32.1. The van der Waals surface area contributed by atoms with Crippen molar-refractivity contribution in [3.8, 4) is 5.75 Å². The Morgan fingerprint density at radius 1 is 1.64 bits per heavy atom. The van der Waals surface area contributed by atoms with Gasteiger partial charge in [-0.05, 0) is 18.6 Å². The first-order valence-corrected chi connectivity index (χ1v) is 5.04. The maximum absolute atomic E-state index is 5.51. The monoisotopic (exact) mass is 210 g/mol. The second-order valence-corrected chi connectivity index (χ2v) is 3.36. The van der Waals surface area contributed by atoms with Gasteiger partial charge in [0.1, 0.15) is 16.4 Å². The number of nitrogens with zero attached hydrogens (tertiary/aromatic N) is 1. The molecule has 0 unspecified atom stereocenters. The minimum atomic E-state index is 0.275. The van der Waals surface area contributed by atoms with Gasteiger partial charge in [-0.3, -0.25) is 0 Å². The highest BCUT2D eigenvalue weighted by Gasteiger charge is 2.06. The van der Waals surface area contributed by atoms with Crippen LogP contribution in [0, 0.1) is 0 Å². The molecule has 0 fully saturated rings. The summed E-state index contributed by atoms with van der Waals surface area (Å²) in [4.78, 5) is 4.34. The highest BCUT2D eigenvalue weighted by molar-refractivity contribution is 7.80. The molecule has 3 nitrogen and oxygen atoms in total. The number of pyridine rings is 1. The summed E-state index contributed by atoms with van der Waals surface area (Å²) in [5, 5.41) is 0. The van der Waals surface area contributed by atoms with E-state index < -0.39 is 0 Å². The molecule has 0 aliphatic carbocycles. The zero-order valence-corrected chi connectivity index (χ0v) is 9.01. The van der Waals surface area contributed by atoms with Crippen LogP contribution in [0.25, 0.3) is 0 Å². The van der Waals surface area contributed by atoms with Crippen LogP contribution in [-0.4, -0.2) is 16.6 Å². The first-order valence-electron chi connectivity index (χ1n) is 4.63. The summed E-state index contributed by atoms with van der Waals surface area (Å²) >= 11 is 4.86. The Bertz CT molecular complexity index is 315. The first-order chi connectivity index (χ1) is 6.75. The fourth-order valence-corrected chi connectivity index (χ4v) is 1.17. The normalized spacial score (nSPS) is 9.79. The van der Waals surface area contributed by atoms with Crippen LogP contribution >= 0.6 is 12.2 Å². The Morgan fingerprint density at radius 3 is 3.07 bits per heavy atom. The van der Waals surface area contributed by atoms with Gasteiger partial charge < -0.3 is 10.5 Å². The predicted molar refractivity (Wildman–Crippen MR) is 60.5 cm³/mol. The van der Waals surface area contributed by atoms with E-state index in [9.17, 15) is 0 Å². The molecule has 0 spiro atoms. The van der Waals surface area contributed by atoms with Crippen molar-refractivity contribution >= 4 is 17.2 Å². The van der Waals surface area contributed by atoms with E-state index >= 15 is 0 Å². The molecule has 0 bridgehead atoms. The van der Waals surface area contributed by atoms with Gasteiger partial charge >= 0.3 is 0 Å². The molecule has 0 saturated carbocycles. The SMILES string of the molecule is CCCCOc1cccnc1C(N)=S. The van der Waals surface area contributed by atoms with Crippen molar-refractivity contribution in [2.45, 2.75) is 19.8 Å². The summed E-state index contributed by atoms with van der Waals surface area (Å²) in [5.74, 6) is 0.674. The van der Waals surface area contributed by atoms with E-state index in [1.807, 2.05) is 12.1 Å². The minimum absolute atomic E-state index is 0.275. The maximum atomic E-state index is 5.51. The Morgan fingerprint density at radius 2 is 2.43 bits per heavy atom. The number of hydrogen-bond acceptors (Lipinski definition) is 3. The summed E-state index contributed by atoms with van der Waals surface area (Å²) in [6, 6.07) is 3.64. The largest absolute Gasteiger partial charge is 0.491 e. The highest BCUT2D eigenvalue weighted by Crippen LogP contribution is 2.15. The first kappa shape index (κ1) is 10.9. The Labute approximate surface area is 89.3 Å². The van der Waals surface area contributed by atoms with Crippen LogP contribution in [0.3, 0.4) is 0 Å². The molecule has 4 heteroatoms. The summed E-state index contributed by atoms with van der Waals surface area (Å²) in [7, 11) is 0. The van der Waals surface area contributed by atoms with E-state index in [0.717, 1.165) is 12.8 Å². The van der Waals surface area contributed by atoms with Crippen molar-refractivity contribution in [2.75, 3.05) is 6.61 Å². The fraction of sp³-hybridized carbons (Fsp3) is 0.400. The van der Waals surface area contributed by atoms with E-state index in [2.05, 4.69) is 11.9 Å². The molecule has 0 aliphatic rings. The fourth-order valence-electron chi connectivity index (χ4n) is 1.02. The van der Waals surface area contributed by atoms with E-state index in [-0.39, 0.29) is 4.99 Å². The molecule has 0 radical (unpaired) electrons. The maximum Gasteiger partial charge on any atom is 0.147 e. The molecule has 1 aromatic rings. The molecule has 76 valence electrons. The van der Waals surface area contributed by atoms with Crippen molar-refractivity contribution in [3.05, 3.63) is 24.0 Å². The van der Waals surface area contributed by atoms with Crippen LogP contribution in [0.5, 0.6) is 5.75 Å². The number of hydrogen-bond donors (Lipinski definition) is 1. The lowest BCUT2D eigenvalue weighted by molar-refractivity contribution is 0.307. The summed E-state index contributed by atoms with van der Waals surface area (Å²) < 4.78 is 5.51. The lowest BCUT2D eigenvalue weighted by atomic mass is 10.3. The second kappa shape index (κ2) is 5.54. The van der Waals surface area contributed by atoms with Gasteiger partial charge in [0, 0.05) is 6.20 Å². The molecular formula is C10H14N2OS. The number of aromatic nitrogens is 1. The zero-order valence-electron chi connectivity index (χ0n) is 8.19. The molecule has 1 heterocycles. The van der Waals surface area contributed by atoms with Crippen molar-refractivity contribution in [1.82, 2.24) is 4.98 Å². The average molecular weight is 210 g/mol. The number of unbranched alkanes of at least 4 members (excludes halogenated alkanes) is 1. The smallest absolute Gasteiger partial charge is 0.147 e. The summed E-state index contributed by atoms with van der Waals surface area (Å²) in [6.45, 7) is 2.79. The number of ether oxygens (including phenoxy) is 1. The zero-order chi connectivity index (χ0) is 10.4. The van der Waals surface area contributed by atoms with Crippen LogP contribution in [-0.2, 0) is 0 Å². The van der Waals surface area contributed by atoms with Crippen LogP contribution in [0.1, 0.15) is 25.5 Å². The van der Waals surface area contributed by atoms with Gasteiger partial charge in [0.2, 0.25) is 0 Å². The van der Waals surface area contributed by atoms with E-state index in [0.29, 0.717) is 18.1 Å². The van der Waals surface area contributed by atoms with Gasteiger partial charge in [0.15, 0.2) is 0 Å². The third-order valence-corrected chi connectivity index (χ3v) is 1.95. The molecule has 1 aromatic heterocycles. The second-order valence-electron chi connectivity index (χ2n) is 2.92. The van der Waals surface area contributed by atoms with Crippen molar-refractivity contribution in [3.63, 3.8) is 0 Å². The standard InChI is InChI=1S/C10H14N2OS/c1-2-3-7-13-8-5-4-6-12-9(8)10(11)14/h4-6H,2-3,7H2,1H3,(H2,11,14). The molecular weight excluding hydrogens is 196 g/mol. The number of thiocarbonyl (C=S) groups is 1. The van der Waals surface area contributed by atoms with Gasteiger partial charge in [-0.15, -0.1) is 0 Å². The van der Waals surface area contributed by atoms with Crippen LogP contribution < -0.4 is 10.5 Å². The van der Waals surface area contributed by atoms with E-state index in [1.165, 1.54) is 0 Å². The Balaban J connectivity index is 2.69. The third-order valence-electron chi connectivity index (χ3n) is 1.76. The molecule has 2 N–H and O–H groups in total. The van der Waals surface area contributed by atoms with Gasteiger partial charge in [-0.1, -0.05) is 25.6 Å².